The maximum atomic E-state index is 12.1. The van der Waals surface area contributed by atoms with Crippen molar-refractivity contribution in [2.45, 2.75) is 26.1 Å². The summed E-state index contributed by atoms with van der Waals surface area (Å²) in [6, 6.07) is 0. The molecule has 2 heterocycles. The molecule has 0 amide bonds. The van der Waals surface area contributed by atoms with Crippen LogP contribution in [0.25, 0.3) is 0 Å². The molecule has 0 aliphatic carbocycles. The normalized spacial score (nSPS) is 41.9. The molecule has 2 saturated heterocycles. The van der Waals surface area contributed by atoms with Gasteiger partial charge < -0.3 is 0 Å². The van der Waals surface area contributed by atoms with Crippen molar-refractivity contribution < 1.29 is 30.0 Å². The van der Waals surface area contributed by atoms with Gasteiger partial charge in [-0.3, -0.25) is 13.2 Å². The first-order valence-corrected chi connectivity index (χ1v) is 8.62. The Kier molecular flexibility index (Phi) is 3.29. The number of hydrogen-bond acceptors (Lipinski definition) is 7. The molecule has 2 rings (SSSR count). The second-order valence-electron chi connectivity index (χ2n) is 4.84. The van der Waals surface area contributed by atoms with E-state index in [1.165, 1.54) is 0 Å². The zero-order chi connectivity index (χ0) is 13.7. The van der Waals surface area contributed by atoms with E-state index in [9.17, 15) is 21.6 Å². The Balaban J connectivity index is 2.19. The zero-order valence-electron chi connectivity index (χ0n) is 9.90. The predicted octanol–water partition coefficient (Wildman–Crippen LogP) is -0.715. The van der Waals surface area contributed by atoms with Crippen molar-refractivity contribution in [2.75, 3.05) is 11.5 Å². The SMILES string of the molecule is CC1CS(=O)(=O)OC1C(=O)C1OS(=O)(=O)CC1C. The van der Waals surface area contributed by atoms with Crippen LogP contribution in [-0.4, -0.2) is 46.3 Å². The van der Waals surface area contributed by atoms with E-state index < -0.39 is 50.1 Å². The zero-order valence-corrected chi connectivity index (χ0v) is 11.5. The van der Waals surface area contributed by atoms with Crippen molar-refractivity contribution in [3.8, 4) is 0 Å². The van der Waals surface area contributed by atoms with Crippen molar-refractivity contribution in [1.82, 2.24) is 0 Å². The van der Waals surface area contributed by atoms with Gasteiger partial charge in [-0.05, 0) is 0 Å². The summed E-state index contributed by atoms with van der Waals surface area (Å²) in [5.41, 5.74) is 0. The first-order valence-electron chi connectivity index (χ1n) is 5.47. The summed E-state index contributed by atoms with van der Waals surface area (Å²) in [4.78, 5) is 12.1. The average molecular weight is 298 g/mol. The lowest BCUT2D eigenvalue weighted by molar-refractivity contribution is -0.134. The van der Waals surface area contributed by atoms with Crippen molar-refractivity contribution in [2.24, 2.45) is 11.8 Å². The molecule has 104 valence electrons. The second-order valence-corrected chi connectivity index (χ2v) is 8.12. The Morgan fingerprint density at radius 2 is 1.22 bits per heavy atom. The minimum absolute atomic E-state index is 0.239. The van der Waals surface area contributed by atoms with E-state index in [0.29, 0.717) is 0 Å². The fourth-order valence-corrected chi connectivity index (χ4v) is 5.22. The number of ketones is 1. The van der Waals surface area contributed by atoms with E-state index in [1.807, 2.05) is 0 Å². The summed E-state index contributed by atoms with van der Waals surface area (Å²) in [6.45, 7) is 3.14. The quantitative estimate of drug-likeness (QED) is 0.620. The van der Waals surface area contributed by atoms with Gasteiger partial charge in [0.2, 0.25) is 0 Å². The molecule has 0 aromatic heterocycles. The van der Waals surface area contributed by atoms with Crippen LogP contribution in [-0.2, 0) is 33.4 Å². The molecule has 2 aliphatic heterocycles. The van der Waals surface area contributed by atoms with Crippen molar-refractivity contribution in [1.29, 1.82) is 0 Å². The van der Waals surface area contributed by atoms with Gasteiger partial charge in [0.15, 0.2) is 5.78 Å². The number of rotatable bonds is 2. The van der Waals surface area contributed by atoms with Crippen LogP contribution in [0.2, 0.25) is 0 Å². The Labute approximate surface area is 106 Å². The third-order valence-corrected chi connectivity index (χ3v) is 5.90. The maximum Gasteiger partial charge on any atom is 0.268 e. The highest BCUT2D eigenvalue weighted by Crippen LogP contribution is 2.30. The Hall–Kier alpha value is -0.510. The fourth-order valence-electron chi connectivity index (χ4n) is 2.22. The molecule has 0 spiro atoms. The summed E-state index contributed by atoms with van der Waals surface area (Å²) >= 11 is 0. The molecule has 0 aromatic rings. The molecule has 0 N–H and O–H groups in total. The van der Waals surface area contributed by atoms with Crippen LogP contribution in [0.5, 0.6) is 0 Å². The van der Waals surface area contributed by atoms with Crippen LogP contribution in [0, 0.1) is 11.8 Å². The summed E-state index contributed by atoms with van der Waals surface area (Å²) in [5, 5.41) is 0. The van der Waals surface area contributed by atoms with Gasteiger partial charge in [-0.2, -0.15) is 16.8 Å². The van der Waals surface area contributed by atoms with Crippen molar-refractivity contribution in [3.63, 3.8) is 0 Å². The van der Waals surface area contributed by atoms with Gasteiger partial charge in [0.1, 0.15) is 12.2 Å². The lowest BCUT2D eigenvalue weighted by atomic mass is 9.94. The van der Waals surface area contributed by atoms with Gasteiger partial charge >= 0.3 is 0 Å². The number of carbonyl (C=O) groups excluding carboxylic acids is 1. The minimum Gasteiger partial charge on any atom is -0.294 e. The summed E-state index contributed by atoms with van der Waals surface area (Å²) in [7, 11) is -7.38. The average Bonchev–Trinajstić information content (AvgIpc) is 2.61. The Bertz CT molecular complexity index is 512. The third kappa shape index (κ3) is 2.58. The van der Waals surface area contributed by atoms with E-state index in [0.717, 1.165) is 0 Å². The van der Waals surface area contributed by atoms with E-state index in [4.69, 9.17) is 8.37 Å². The highest BCUT2D eigenvalue weighted by Gasteiger charge is 2.48. The van der Waals surface area contributed by atoms with Gasteiger partial charge in [0.25, 0.3) is 20.2 Å². The minimum atomic E-state index is -3.69. The highest BCUT2D eigenvalue weighted by molar-refractivity contribution is 7.87. The van der Waals surface area contributed by atoms with Gasteiger partial charge in [-0.1, -0.05) is 13.8 Å². The van der Waals surface area contributed by atoms with Crippen LogP contribution in [0.1, 0.15) is 13.8 Å². The Morgan fingerprint density at radius 3 is 1.44 bits per heavy atom. The van der Waals surface area contributed by atoms with Crippen LogP contribution in [0.15, 0.2) is 0 Å². The largest absolute Gasteiger partial charge is 0.294 e. The number of hydrogen-bond donors (Lipinski definition) is 0. The first-order chi connectivity index (χ1) is 8.11. The smallest absolute Gasteiger partial charge is 0.268 e. The molecule has 2 fully saturated rings. The number of carbonyl (C=O) groups is 1. The standard InChI is InChI=1S/C9H14O7S2/c1-5-3-17(11,12)15-8(5)7(10)9-6(2)4-18(13,14)16-9/h5-6,8-9H,3-4H2,1-2H3. The first kappa shape index (κ1) is 13.9. The van der Waals surface area contributed by atoms with E-state index in [2.05, 4.69) is 0 Å². The summed E-state index contributed by atoms with van der Waals surface area (Å²) in [6.07, 6.45) is -2.29. The molecular weight excluding hydrogens is 284 g/mol. The Morgan fingerprint density at radius 1 is 0.889 bits per heavy atom. The van der Waals surface area contributed by atoms with Crippen LogP contribution in [0.4, 0.5) is 0 Å². The molecule has 4 atom stereocenters. The molecular formula is C9H14O7S2. The summed E-state index contributed by atoms with van der Waals surface area (Å²) < 4.78 is 54.4. The lowest BCUT2D eigenvalue weighted by Gasteiger charge is -2.17. The molecule has 2 aliphatic rings. The van der Waals surface area contributed by atoms with Gasteiger partial charge in [-0.25, -0.2) is 0 Å². The highest BCUT2D eigenvalue weighted by atomic mass is 32.2. The molecule has 18 heavy (non-hydrogen) atoms. The van der Waals surface area contributed by atoms with Crippen molar-refractivity contribution in [3.05, 3.63) is 0 Å². The predicted molar refractivity (Wildman–Crippen MR) is 60.7 cm³/mol. The molecule has 0 saturated carbocycles. The lowest BCUT2D eigenvalue weighted by Crippen LogP contribution is -2.38. The summed E-state index contributed by atoms with van der Waals surface area (Å²) in [5.74, 6) is -2.09. The van der Waals surface area contributed by atoms with Crippen LogP contribution in [0.3, 0.4) is 0 Å². The van der Waals surface area contributed by atoms with Gasteiger partial charge in [0, 0.05) is 11.8 Å². The maximum absolute atomic E-state index is 12.1. The third-order valence-electron chi connectivity index (χ3n) is 3.03. The van der Waals surface area contributed by atoms with E-state index in [-0.39, 0.29) is 11.5 Å². The molecule has 7 nitrogen and oxygen atoms in total. The van der Waals surface area contributed by atoms with Gasteiger partial charge in [-0.15, -0.1) is 0 Å². The second kappa shape index (κ2) is 4.26. The van der Waals surface area contributed by atoms with E-state index >= 15 is 0 Å². The van der Waals surface area contributed by atoms with Gasteiger partial charge in [0.05, 0.1) is 11.5 Å². The van der Waals surface area contributed by atoms with Crippen LogP contribution >= 0.6 is 0 Å². The molecule has 0 radical (unpaired) electrons. The number of Topliss-reactive ketones (excluding diaryl/α,β-unsaturated/α-hetero) is 1. The van der Waals surface area contributed by atoms with Crippen LogP contribution < -0.4 is 0 Å². The van der Waals surface area contributed by atoms with E-state index in [1.54, 1.807) is 13.8 Å². The molecule has 9 heteroatoms. The fraction of sp³-hybridized carbons (Fsp3) is 0.889. The molecule has 0 aromatic carbocycles. The van der Waals surface area contributed by atoms with Crippen molar-refractivity contribution >= 4 is 26.0 Å². The molecule has 4 unspecified atom stereocenters. The topological polar surface area (TPSA) is 104 Å². The monoisotopic (exact) mass is 298 g/mol. The molecule has 0 bridgehead atoms.